The van der Waals surface area contributed by atoms with Crippen LogP contribution in [0.4, 0.5) is 4.39 Å². The Morgan fingerprint density at radius 2 is 2.00 bits per heavy atom. The number of aliphatic hydroxyl groups is 1. The zero-order valence-electron chi connectivity index (χ0n) is 11.5. The molecule has 0 bridgehead atoms. The molecule has 110 valence electrons. The van der Waals surface area contributed by atoms with Crippen molar-refractivity contribution in [3.8, 4) is 5.75 Å². The Morgan fingerprint density at radius 1 is 1.24 bits per heavy atom. The van der Waals surface area contributed by atoms with E-state index >= 15 is 0 Å². The van der Waals surface area contributed by atoms with Crippen LogP contribution in [-0.2, 0) is 18.0 Å². The molecule has 0 atom stereocenters. The molecule has 2 aromatic carbocycles. The molecule has 2 aromatic rings. The summed E-state index contributed by atoms with van der Waals surface area (Å²) < 4.78 is 23.6. The van der Waals surface area contributed by atoms with Crippen molar-refractivity contribution in [2.45, 2.75) is 13.2 Å². The van der Waals surface area contributed by atoms with Gasteiger partial charge in [0.1, 0.15) is 18.2 Å². The lowest BCUT2D eigenvalue weighted by Gasteiger charge is -2.10. The SMILES string of the molecule is COC(=O)c1cc(CO)cc(OCc2ccccc2F)c1. The molecule has 0 amide bonds. The van der Waals surface area contributed by atoms with E-state index in [9.17, 15) is 14.3 Å². The highest BCUT2D eigenvalue weighted by Crippen LogP contribution is 2.20. The lowest BCUT2D eigenvalue weighted by molar-refractivity contribution is 0.0600. The highest BCUT2D eigenvalue weighted by Gasteiger charge is 2.10. The Labute approximate surface area is 121 Å². The topological polar surface area (TPSA) is 55.8 Å². The van der Waals surface area contributed by atoms with Gasteiger partial charge in [-0.2, -0.15) is 0 Å². The van der Waals surface area contributed by atoms with E-state index in [2.05, 4.69) is 4.74 Å². The minimum Gasteiger partial charge on any atom is -0.489 e. The van der Waals surface area contributed by atoms with Crippen molar-refractivity contribution in [3.63, 3.8) is 0 Å². The van der Waals surface area contributed by atoms with Crippen LogP contribution in [0.1, 0.15) is 21.5 Å². The van der Waals surface area contributed by atoms with Crippen molar-refractivity contribution < 1.29 is 23.8 Å². The number of hydrogen-bond donors (Lipinski definition) is 1. The van der Waals surface area contributed by atoms with Crippen LogP contribution >= 0.6 is 0 Å². The smallest absolute Gasteiger partial charge is 0.337 e. The molecule has 0 saturated carbocycles. The van der Waals surface area contributed by atoms with E-state index in [1.54, 1.807) is 24.3 Å². The molecule has 0 radical (unpaired) electrons. The van der Waals surface area contributed by atoms with E-state index in [1.165, 1.54) is 25.3 Å². The van der Waals surface area contributed by atoms with Crippen molar-refractivity contribution in [2.75, 3.05) is 7.11 Å². The van der Waals surface area contributed by atoms with E-state index in [4.69, 9.17) is 4.74 Å². The largest absolute Gasteiger partial charge is 0.489 e. The fourth-order valence-corrected chi connectivity index (χ4v) is 1.85. The number of halogens is 1. The zero-order valence-corrected chi connectivity index (χ0v) is 11.5. The first-order valence-corrected chi connectivity index (χ1v) is 6.33. The van der Waals surface area contributed by atoms with E-state index in [-0.39, 0.29) is 24.6 Å². The number of ether oxygens (including phenoxy) is 2. The highest BCUT2D eigenvalue weighted by atomic mass is 19.1. The van der Waals surface area contributed by atoms with Crippen LogP contribution < -0.4 is 4.74 Å². The lowest BCUT2D eigenvalue weighted by atomic mass is 10.1. The number of carbonyl (C=O) groups excluding carboxylic acids is 1. The molecular weight excluding hydrogens is 275 g/mol. The predicted molar refractivity (Wildman–Crippen MR) is 74.4 cm³/mol. The third-order valence-corrected chi connectivity index (χ3v) is 2.92. The maximum atomic E-state index is 13.5. The molecule has 5 heteroatoms. The Kier molecular flexibility index (Phi) is 4.90. The summed E-state index contributed by atoms with van der Waals surface area (Å²) in [5.74, 6) is -0.518. The van der Waals surface area contributed by atoms with Gasteiger partial charge in [0.2, 0.25) is 0 Å². The summed E-state index contributed by atoms with van der Waals surface area (Å²) in [5.41, 5.74) is 1.19. The van der Waals surface area contributed by atoms with E-state index in [0.717, 1.165) is 0 Å². The number of carbonyl (C=O) groups is 1. The second-order valence-electron chi connectivity index (χ2n) is 4.40. The molecule has 1 N–H and O–H groups in total. The van der Waals surface area contributed by atoms with Crippen molar-refractivity contribution >= 4 is 5.97 Å². The van der Waals surface area contributed by atoms with Crippen LogP contribution in [0.5, 0.6) is 5.75 Å². The van der Waals surface area contributed by atoms with Crippen molar-refractivity contribution in [3.05, 3.63) is 65.0 Å². The van der Waals surface area contributed by atoms with Gasteiger partial charge in [-0.15, -0.1) is 0 Å². The molecule has 0 heterocycles. The summed E-state index contributed by atoms with van der Waals surface area (Å²) >= 11 is 0. The summed E-state index contributed by atoms with van der Waals surface area (Å²) in [7, 11) is 1.27. The Morgan fingerprint density at radius 3 is 2.67 bits per heavy atom. The third kappa shape index (κ3) is 3.79. The number of aliphatic hydroxyl groups excluding tert-OH is 1. The van der Waals surface area contributed by atoms with Crippen LogP contribution in [-0.4, -0.2) is 18.2 Å². The fourth-order valence-electron chi connectivity index (χ4n) is 1.85. The van der Waals surface area contributed by atoms with Crippen molar-refractivity contribution in [1.29, 1.82) is 0 Å². The molecule has 0 unspecified atom stereocenters. The maximum absolute atomic E-state index is 13.5. The molecule has 21 heavy (non-hydrogen) atoms. The lowest BCUT2D eigenvalue weighted by Crippen LogP contribution is -2.04. The van der Waals surface area contributed by atoms with Crippen molar-refractivity contribution in [2.24, 2.45) is 0 Å². The van der Waals surface area contributed by atoms with E-state index < -0.39 is 5.97 Å². The summed E-state index contributed by atoms with van der Waals surface area (Å²) in [4.78, 5) is 11.5. The molecule has 0 saturated heterocycles. The van der Waals surface area contributed by atoms with Gasteiger partial charge < -0.3 is 14.6 Å². The summed E-state index contributed by atoms with van der Waals surface area (Å²) in [6.45, 7) is -0.205. The number of benzene rings is 2. The van der Waals surface area contributed by atoms with Crippen LogP contribution in [0, 0.1) is 5.82 Å². The minimum absolute atomic E-state index is 0.0299. The number of methoxy groups -OCH3 is 1. The van der Waals surface area contributed by atoms with Crippen LogP contribution in [0.25, 0.3) is 0 Å². The predicted octanol–water partition coefficient (Wildman–Crippen LogP) is 2.68. The normalized spacial score (nSPS) is 10.2. The molecule has 0 fully saturated rings. The van der Waals surface area contributed by atoms with Gasteiger partial charge in [0.25, 0.3) is 0 Å². The molecular formula is C16H15FO4. The molecule has 0 aliphatic heterocycles. The van der Waals surface area contributed by atoms with Crippen molar-refractivity contribution in [1.82, 2.24) is 0 Å². The number of rotatable bonds is 5. The molecule has 0 aliphatic carbocycles. The van der Waals surface area contributed by atoms with Gasteiger partial charge in [-0.25, -0.2) is 9.18 Å². The quantitative estimate of drug-likeness (QED) is 0.860. The van der Waals surface area contributed by atoms with Gasteiger partial charge in [-0.05, 0) is 29.8 Å². The molecule has 0 spiro atoms. The number of esters is 1. The molecule has 0 aromatic heterocycles. The van der Waals surface area contributed by atoms with Gasteiger partial charge in [-0.1, -0.05) is 18.2 Å². The Balaban J connectivity index is 2.19. The molecule has 0 aliphatic rings. The van der Waals surface area contributed by atoms with Crippen LogP contribution in [0.3, 0.4) is 0 Å². The third-order valence-electron chi connectivity index (χ3n) is 2.92. The van der Waals surface area contributed by atoms with Gasteiger partial charge in [0, 0.05) is 5.56 Å². The Bertz CT molecular complexity index is 640. The average molecular weight is 290 g/mol. The molecule has 2 rings (SSSR count). The Hall–Kier alpha value is -2.40. The monoisotopic (exact) mass is 290 g/mol. The van der Waals surface area contributed by atoms with Gasteiger partial charge >= 0.3 is 5.97 Å². The van der Waals surface area contributed by atoms with Crippen LogP contribution in [0.15, 0.2) is 42.5 Å². The minimum atomic E-state index is -0.527. The van der Waals surface area contributed by atoms with Gasteiger partial charge in [-0.3, -0.25) is 0 Å². The second kappa shape index (κ2) is 6.85. The first-order chi connectivity index (χ1) is 10.1. The fraction of sp³-hybridized carbons (Fsp3) is 0.188. The zero-order chi connectivity index (χ0) is 15.2. The highest BCUT2D eigenvalue weighted by molar-refractivity contribution is 5.90. The van der Waals surface area contributed by atoms with Crippen LogP contribution in [0.2, 0.25) is 0 Å². The van der Waals surface area contributed by atoms with Gasteiger partial charge in [0.05, 0.1) is 19.3 Å². The second-order valence-corrected chi connectivity index (χ2v) is 4.40. The van der Waals surface area contributed by atoms with E-state index in [0.29, 0.717) is 16.9 Å². The molecule has 4 nitrogen and oxygen atoms in total. The summed E-state index contributed by atoms with van der Waals surface area (Å²) in [6.07, 6.45) is 0. The number of hydrogen-bond acceptors (Lipinski definition) is 4. The van der Waals surface area contributed by atoms with Gasteiger partial charge in [0.15, 0.2) is 0 Å². The maximum Gasteiger partial charge on any atom is 0.337 e. The van der Waals surface area contributed by atoms with E-state index in [1.807, 2.05) is 0 Å². The average Bonchev–Trinajstić information content (AvgIpc) is 2.53. The summed E-state index contributed by atoms with van der Waals surface area (Å²) in [5, 5.41) is 9.20. The first kappa shape index (κ1) is 15.0. The standard InChI is InChI=1S/C16H15FO4/c1-20-16(19)13-6-11(9-18)7-14(8-13)21-10-12-4-2-3-5-15(12)17/h2-8,18H,9-10H2,1H3. The summed E-state index contributed by atoms with van der Waals surface area (Å²) in [6, 6.07) is 10.9. The first-order valence-electron chi connectivity index (χ1n) is 6.33.